The molecule has 1 aromatic carbocycles. The average molecular weight is 527 g/mol. The minimum atomic E-state index is -4.00. The molecule has 2 saturated heterocycles. The van der Waals surface area contributed by atoms with Crippen LogP contribution in [0.15, 0.2) is 41.3 Å². The van der Waals surface area contributed by atoms with Gasteiger partial charge in [0.05, 0.1) is 24.7 Å². The van der Waals surface area contributed by atoms with Gasteiger partial charge in [-0.2, -0.15) is 4.98 Å². The Kier molecular flexibility index (Phi) is 6.27. The van der Waals surface area contributed by atoms with Crippen molar-refractivity contribution in [2.24, 2.45) is 0 Å². The maximum Gasteiger partial charge on any atom is 0.475 e. The highest BCUT2D eigenvalue weighted by Gasteiger charge is 2.54. The molecular formula is C21H24ClN4O8P. The van der Waals surface area contributed by atoms with Gasteiger partial charge in [-0.25, -0.2) is 4.57 Å². The first kappa shape index (κ1) is 24.4. The fourth-order valence-corrected chi connectivity index (χ4v) is 5.90. The topological polar surface area (TPSA) is 171 Å². The average Bonchev–Trinajstić information content (AvgIpc) is 3.31. The van der Waals surface area contributed by atoms with Gasteiger partial charge in [0.25, 0.3) is 5.56 Å². The Hall–Kier alpha value is -2.28. The molecule has 0 aliphatic carbocycles. The maximum atomic E-state index is 13.1. The van der Waals surface area contributed by atoms with Crippen molar-refractivity contribution in [3.8, 4) is 0 Å². The Bertz CT molecular complexity index is 1360. The van der Waals surface area contributed by atoms with Gasteiger partial charge in [0.15, 0.2) is 11.9 Å². The quantitative estimate of drug-likeness (QED) is 0.361. The van der Waals surface area contributed by atoms with Crippen LogP contribution in [-0.2, 0) is 22.9 Å². The first-order valence-corrected chi connectivity index (χ1v) is 12.7. The number of ether oxygens (including phenoxy) is 1. The second-order valence-corrected chi connectivity index (χ2v) is 10.7. The number of fused-ring (bicyclic) bond motifs is 1. The summed E-state index contributed by atoms with van der Waals surface area (Å²) in [4.78, 5) is 18.7. The summed E-state index contributed by atoms with van der Waals surface area (Å²) < 4.78 is 36.8. The van der Waals surface area contributed by atoms with Crippen molar-refractivity contribution in [2.75, 3.05) is 18.9 Å². The summed E-state index contributed by atoms with van der Waals surface area (Å²) in [6.07, 6.45) is -2.30. The Morgan fingerprint density at radius 3 is 3.00 bits per heavy atom. The molecule has 0 bridgehead atoms. The SMILES string of the molecule is C[C@@]1(O)[C@H](O)C(CO[P@]2(=O)OCC[C@H](c3cccc(Cl)c3)O2)O[C@H]1n1ccc2c(=O)[nH]c(N)nc21. The van der Waals surface area contributed by atoms with E-state index >= 15 is 0 Å². The van der Waals surface area contributed by atoms with E-state index in [0.717, 1.165) is 5.56 Å². The van der Waals surface area contributed by atoms with Gasteiger partial charge in [-0.05, 0) is 30.7 Å². The van der Waals surface area contributed by atoms with Crippen LogP contribution >= 0.6 is 19.4 Å². The molecule has 2 aromatic heterocycles. The maximum absolute atomic E-state index is 13.1. The van der Waals surface area contributed by atoms with Crippen LogP contribution in [0, 0.1) is 0 Å². The van der Waals surface area contributed by atoms with E-state index in [0.29, 0.717) is 11.4 Å². The molecule has 0 saturated carbocycles. The predicted octanol–water partition coefficient (Wildman–Crippen LogP) is 2.27. The van der Waals surface area contributed by atoms with Crippen LogP contribution in [0.25, 0.3) is 11.0 Å². The molecule has 3 aromatic rings. The lowest BCUT2D eigenvalue weighted by Crippen LogP contribution is -2.44. The standard InChI is InChI=1S/C21H24ClN4O8P/c1-21(29)16(27)15(33-19(21)26-7-5-13-17(26)24-20(23)25-18(13)28)10-32-35(30)31-8-6-14(34-35)11-3-2-4-12(22)9-11/h2-5,7,9,14-16,19,27,29H,6,8,10H2,1H3,(H3,23,24,25,28)/t14-,15?,16-,19-,21-,35+/m1/s1. The lowest BCUT2D eigenvalue weighted by atomic mass is 9.96. The minimum Gasteiger partial charge on any atom is -0.387 e. The molecule has 4 heterocycles. The van der Waals surface area contributed by atoms with Crippen molar-refractivity contribution in [1.29, 1.82) is 0 Å². The number of H-pyrrole nitrogens is 1. The van der Waals surface area contributed by atoms with Crippen LogP contribution < -0.4 is 11.3 Å². The van der Waals surface area contributed by atoms with Crippen LogP contribution in [0.5, 0.6) is 0 Å². The minimum absolute atomic E-state index is 0.112. The van der Waals surface area contributed by atoms with Crippen molar-refractivity contribution >= 4 is 36.4 Å². The van der Waals surface area contributed by atoms with Crippen molar-refractivity contribution < 1.29 is 33.1 Å². The largest absolute Gasteiger partial charge is 0.475 e. The number of nitrogen functional groups attached to an aromatic ring is 1. The van der Waals surface area contributed by atoms with E-state index in [4.69, 9.17) is 35.6 Å². The molecule has 5 N–H and O–H groups in total. The fraction of sp³-hybridized carbons (Fsp3) is 0.429. The van der Waals surface area contributed by atoms with Crippen molar-refractivity contribution in [3.63, 3.8) is 0 Å². The first-order chi connectivity index (χ1) is 16.6. The number of aromatic amines is 1. The number of nitrogens with two attached hydrogens (primary N) is 1. The molecule has 2 aliphatic rings. The van der Waals surface area contributed by atoms with Gasteiger partial charge in [-0.1, -0.05) is 23.7 Å². The Labute approximate surface area is 204 Å². The summed E-state index contributed by atoms with van der Waals surface area (Å²) in [6.45, 7) is 1.10. The lowest BCUT2D eigenvalue weighted by Gasteiger charge is -2.30. The molecule has 188 valence electrons. The molecule has 0 spiro atoms. The van der Waals surface area contributed by atoms with Gasteiger partial charge < -0.3 is 25.3 Å². The Morgan fingerprint density at radius 1 is 1.43 bits per heavy atom. The molecule has 35 heavy (non-hydrogen) atoms. The van der Waals surface area contributed by atoms with Crippen LogP contribution in [0.2, 0.25) is 5.02 Å². The zero-order valence-corrected chi connectivity index (χ0v) is 20.2. The predicted molar refractivity (Wildman–Crippen MR) is 125 cm³/mol. The van der Waals surface area contributed by atoms with Gasteiger partial charge in [0.1, 0.15) is 17.8 Å². The molecular weight excluding hydrogens is 503 g/mol. The highest BCUT2D eigenvalue weighted by atomic mass is 35.5. The smallest absolute Gasteiger partial charge is 0.387 e. The third-order valence-corrected chi connectivity index (χ3v) is 7.82. The summed E-state index contributed by atoms with van der Waals surface area (Å²) in [5.41, 5.74) is 4.29. The zero-order chi connectivity index (χ0) is 25.0. The summed E-state index contributed by atoms with van der Waals surface area (Å²) in [6, 6.07) is 8.48. The first-order valence-electron chi connectivity index (χ1n) is 10.8. The number of benzene rings is 1. The molecule has 6 atom stereocenters. The van der Waals surface area contributed by atoms with Gasteiger partial charge in [-0.3, -0.25) is 23.3 Å². The van der Waals surface area contributed by atoms with Crippen LogP contribution in [0.4, 0.5) is 5.95 Å². The number of aliphatic hydroxyl groups excluding tert-OH is 1. The fourth-order valence-electron chi connectivity index (χ4n) is 4.30. The van der Waals surface area contributed by atoms with E-state index < -0.39 is 50.1 Å². The number of rotatable bonds is 5. The van der Waals surface area contributed by atoms with Gasteiger partial charge in [-0.15, -0.1) is 0 Å². The molecule has 0 amide bonds. The second-order valence-electron chi connectivity index (χ2n) is 8.62. The number of hydrogen-bond donors (Lipinski definition) is 4. The third kappa shape index (κ3) is 4.52. The van der Waals surface area contributed by atoms with Crippen LogP contribution in [0.3, 0.4) is 0 Å². The van der Waals surface area contributed by atoms with Gasteiger partial charge in [0.2, 0.25) is 5.95 Å². The number of nitrogens with zero attached hydrogens (tertiary/aromatic N) is 2. The van der Waals surface area contributed by atoms with E-state index in [-0.39, 0.29) is 23.6 Å². The van der Waals surface area contributed by atoms with E-state index in [1.807, 2.05) is 0 Å². The summed E-state index contributed by atoms with van der Waals surface area (Å²) >= 11 is 6.05. The summed E-state index contributed by atoms with van der Waals surface area (Å²) in [5.74, 6) is -0.112. The molecule has 2 fully saturated rings. The van der Waals surface area contributed by atoms with Crippen LogP contribution in [-0.4, -0.2) is 55.8 Å². The Balaban J connectivity index is 1.33. The van der Waals surface area contributed by atoms with Crippen LogP contribution in [0.1, 0.15) is 31.2 Å². The summed E-state index contributed by atoms with van der Waals surface area (Å²) in [5, 5.41) is 22.6. The highest BCUT2D eigenvalue weighted by molar-refractivity contribution is 7.48. The number of aromatic nitrogens is 3. The normalized spacial score (nSPS) is 33.4. The zero-order valence-electron chi connectivity index (χ0n) is 18.5. The number of phosphoric ester groups is 1. The third-order valence-electron chi connectivity index (χ3n) is 6.11. The lowest BCUT2D eigenvalue weighted by molar-refractivity contribution is -0.0950. The van der Waals surface area contributed by atoms with Gasteiger partial charge >= 0.3 is 7.82 Å². The Morgan fingerprint density at radius 2 is 2.23 bits per heavy atom. The number of phosphoric acid groups is 1. The van der Waals surface area contributed by atoms with E-state index in [2.05, 4.69) is 9.97 Å². The molecule has 14 heteroatoms. The highest BCUT2D eigenvalue weighted by Crippen LogP contribution is 2.57. The number of halogens is 1. The van der Waals surface area contributed by atoms with Crippen molar-refractivity contribution in [2.45, 2.75) is 43.5 Å². The van der Waals surface area contributed by atoms with Crippen molar-refractivity contribution in [1.82, 2.24) is 14.5 Å². The van der Waals surface area contributed by atoms with Gasteiger partial charge in [0, 0.05) is 17.6 Å². The number of nitrogens with one attached hydrogen (secondary N) is 1. The molecule has 12 nitrogen and oxygen atoms in total. The molecule has 1 unspecified atom stereocenters. The van der Waals surface area contributed by atoms with E-state index in [1.54, 1.807) is 24.3 Å². The molecule has 2 aliphatic heterocycles. The number of anilines is 1. The number of hydrogen-bond acceptors (Lipinski definition) is 10. The second kappa shape index (κ2) is 8.99. The molecule has 0 radical (unpaired) electrons. The van der Waals surface area contributed by atoms with E-state index in [1.165, 1.54) is 23.8 Å². The van der Waals surface area contributed by atoms with E-state index in [9.17, 15) is 19.6 Å². The monoisotopic (exact) mass is 526 g/mol. The molecule has 5 rings (SSSR count). The summed E-state index contributed by atoms with van der Waals surface area (Å²) in [7, 11) is -4.00. The van der Waals surface area contributed by atoms with Crippen molar-refractivity contribution in [3.05, 3.63) is 57.5 Å². The number of aliphatic hydroxyl groups is 2.